The average molecular weight is 333 g/mol. The predicted molar refractivity (Wildman–Crippen MR) is 89.2 cm³/mol. The van der Waals surface area contributed by atoms with Crippen LogP contribution < -0.4 is 10.1 Å². The molecule has 2 aromatic rings. The highest BCUT2D eigenvalue weighted by Gasteiger charge is 2.16. The van der Waals surface area contributed by atoms with E-state index in [2.05, 4.69) is 15.2 Å². The zero-order valence-electron chi connectivity index (χ0n) is 12.9. The van der Waals surface area contributed by atoms with Gasteiger partial charge in [0.1, 0.15) is 16.5 Å². The van der Waals surface area contributed by atoms with Gasteiger partial charge in [-0.25, -0.2) is 4.98 Å². The first-order valence-electron chi connectivity index (χ1n) is 7.45. The monoisotopic (exact) mass is 333 g/mol. The number of amides is 1. The molecule has 0 saturated carbocycles. The molecule has 0 aliphatic carbocycles. The van der Waals surface area contributed by atoms with Gasteiger partial charge in [-0.05, 0) is 12.1 Å². The lowest BCUT2D eigenvalue weighted by Crippen LogP contribution is -2.35. The Bertz CT molecular complexity index is 668. The Morgan fingerprint density at radius 3 is 2.96 bits per heavy atom. The summed E-state index contributed by atoms with van der Waals surface area (Å²) >= 11 is 1.51. The first-order valence-corrected chi connectivity index (χ1v) is 8.33. The molecule has 1 saturated heterocycles. The van der Waals surface area contributed by atoms with Crippen molar-refractivity contribution in [3.05, 3.63) is 40.3 Å². The Labute approximate surface area is 139 Å². The van der Waals surface area contributed by atoms with E-state index in [9.17, 15) is 4.79 Å². The van der Waals surface area contributed by atoms with Crippen molar-refractivity contribution >= 4 is 22.9 Å². The minimum Gasteiger partial charge on any atom is -0.495 e. The molecule has 1 aromatic heterocycles. The van der Waals surface area contributed by atoms with E-state index in [1.807, 2.05) is 12.1 Å². The molecule has 1 aliphatic rings. The van der Waals surface area contributed by atoms with E-state index in [4.69, 9.17) is 9.47 Å². The summed E-state index contributed by atoms with van der Waals surface area (Å²) in [5, 5.41) is 5.58. The Kier molecular flexibility index (Phi) is 5.22. The Morgan fingerprint density at radius 1 is 1.39 bits per heavy atom. The molecule has 23 heavy (non-hydrogen) atoms. The van der Waals surface area contributed by atoms with Gasteiger partial charge < -0.3 is 14.8 Å². The van der Waals surface area contributed by atoms with Gasteiger partial charge in [0.05, 0.1) is 32.6 Å². The van der Waals surface area contributed by atoms with Gasteiger partial charge in [-0.2, -0.15) is 0 Å². The fourth-order valence-electron chi connectivity index (χ4n) is 2.37. The lowest BCUT2D eigenvalue weighted by Gasteiger charge is -2.25. The van der Waals surface area contributed by atoms with E-state index in [0.717, 1.165) is 37.9 Å². The molecule has 7 heteroatoms. The largest absolute Gasteiger partial charge is 0.495 e. The summed E-state index contributed by atoms with van der Waals surface area (Å²) in [5.74, 6) is 0.406. The first kappa shape index (κ1) is 15.9. The second-order valence-electron chi connectivity index (χ2n) is 5.17. The number of para-hydroxylation sites is 2. The summed E-state index contributed by atoms with van der Waals surface area (Å²) in [6.45, 7) is 4.08. The molecule has 2 heterocycles. The lowest BCUT2D eigenvalue weighted by atomic mass is 10.3. The minimum atomic E-state index is -0.223. The number of morpholine rings is 1. The number of hydrogen-bond donors (Lipinski definition) is 1. The van der Waals surface area contributed by atoms with Crippen LogP contribution in [0.2, 0.25) is 0 Å². The van der Waals surface area contributed by atoms with Gasteiger partial charge in [-0.15, -0.1) is 11.3 Å². The molecular weight excluding hydrogens is 314 g/mol. The van der Waals surface area contributed by atoms with Crippen LogP contribution in [0, 0.1) is 0 Å². The van der Waals surface area contributed by atoms with Crippen LogP contribution in [0.25, 0.3) is 0 Å². The molecule has 1 N–H and O–H groups in total. The molecule has 122 valence electrons. The minimum absolute atomic E-state index is 0.223. The van der Waals surface area contributed by atoms with E-state index < -0.39 is 0 Å². The highest BCUT2D eigenvalue weighted by molar-refractivity contribution is 7.09. The molecule has 1 amide bonds. The second kappa shape index (κ2) is 7.54. The summed E-state index contributed by atoms with van der Waals surface area (Å²) in [4.78, 5) is 19.1. The number of nitrogens with zero attached hydrogens (tertiary/aromatic N) is 2. The quantitative estimate of drug-likeness (QED) is 0.909. The number of carbonyl (C=O) groups excluding carboxylic acids is 1. The number of methoxy groups -OCH3 is 1. The lowest BCUT2D eigenvalue weighted by molar-refractivity contribution is 0.0341. The number of carbonyl (C=O) groups is 1. The van der Waals surface area contributed by atoms with E-state index >= 15 is 0 Å². The van der Waals surface area contributed by atoms with Crippen molar-refractivity contribution in [1.29, 1.82) is 0 Å². The first-order chi connectivity index (χ1) is 11.3. The number of nitrogens with one attached hydrogen (secondary N) is 1. The maximum Gasteiger partial charge on any atom is 0.275 e. The number of ether oxygens (including phenoxy) is 2. The molecule has 1 aromatic carbocycles. The Morgan fingerprint density at radius 2 is 2.17 bits per heavy atom. The normalized spacial score (nSPS) is 15.3. The number of anilines is 1. The fourth-order valence-corrected chi connectivity index (χ4v) is 3.19. The highest BCUT2D eigenvalue weighted by Crippen LogP contribution is 2.24. The number of thiazole rings is 1. The van der Waals surface area contributed by atoms with E-state index in [-0.39, 0.29) is 5.91 Å². The van der Waals surface area contributed by atoms with Crippen LogP contribution in [0.3, 0.4) is 0 Å². The Hall–Kier alpha value is -1.96. The van der Waals surface area contributed by atoms with Gasteiger partial charge in [-0.1, -0.05) is 12.1 Å². The average Bonchev–Trinajstić information content (AvgIpc) is 3.05. The summed E-state index contributed by atoms with van der Waals surface area (Å²) in [6, 6.07) is 7.32. The van der Waals surface area contributed by atoms with Crippen molar-refractivity contribution in [3.63, 3.8) is 0 Å². The van der Waals surface area contributed by atoms with Gasteiger partial charge in [-0.3, -0.25) is 9.69 Å². The zero-order valence-corrected chi connectivity index (χ0v) is 13.8. The van der Waals surface area contributed by atoms with Crippen LogP contribution >= 0.6 is 11.3 Å². The number of aromatic nitrogens is 1. The Balaban J connectivity index is 1.63. The molecule has 0 atom stereocenters. The third-order valence-corrected chi connectivity index (χ3v) is 4.44. The summed E-state index contributed by atoms with van der Waals surface area (Å²) in [7, 11) is 1.58. The van der Waals surface area contributed by atoms with Crippen molar-refractivity contribution in [3.8, 4) is 5.75 Å². The zero-order chi connectivity index (χ0) is 16.1. The van der Waals surface area contributed by atoms with E-state index in [1.54, 1.807) is 24.6 Å². The SMILES string of the molecule is COc1ccccc1NC(=O)c1csc(CN2CCOCC2)n1. The molecule has 0 radical (unpaired) electrons. The fraction of sp³-hybridized carbons (Fsp3) is 0.375. The maximum absolute atomic E-state index is 12.3. The van der Waals surface area contributed by atoms with Crippen LogP contribution in [-0.4, -0.2) is 49.2 Å². The highest BCUT2D eigenvalue weighted by atomic mass is 32.1. The third-order valence-electron chi connectivity index (χ3n) is 3.60. The molecule has 0 bridgehead atoms. The van der Waals surface area contributed by atoms with Crippen molar-refractivity contribution < 1.29 is 14.3 Å². The van der Waals surface area contributed by atoms with Crippen LogP contribution in [-0.2, 0) is 11.3 Å². The van der Waals surface area contributed by atoms with Gasteiger partial charge >= 0.3 is 0 Å². The van der Waals surface area contributed by atoms with E-state index in [0.29, 0.717) is 17.1 Å². The molecule has 6 nitrogen and oxygen atoms in total. The summed E-state index contributed by atoms with van der Waals surface area (Å²) < 4.78 is 10.6. The van der Waals surface area contributed by atoms with Gasteiger partial charge in [0.2, 0.25) is 0 Å². The summed E-state index contributed by atoms with van der Waals surface area (Å²) in [6.07, 6.45) is 0. The molecule has 0 unspecified atom stereocenters. The number of rotatable bonds is 5. The van der Waals surface area contributed by atoms with Crippen LogP contribution in [0.5, 0.6) is 5.75 Å². The second-order valence-corrected chi connectivity index (χ2v) is 6.11. The number of benzene rings is 1. The van der Waals surface area contributed by atoms with E-state index in [1.165, 1.54) is 11.3 Å². The van der Waals surface area contributed by atoms with Crippen LogP contribution in [0.1, 0.15) is 15.5 Å². The maximum atomic E-state index is 12.3. The van der Waals surface area contributed by atoms with Gasteiger partial charge in [0.25, 0.3) is 5.91 Å². The smallest absolute Gasteiger partial charge is 0.275 e. The van der Waals surface area contributed by atoms with Crippen molar-refractivity contribution in [2.24, 2.45) is 0 Å². The molecule has 3 rings (SSSR count). The molecule has 1 fully saturated rings. The third kappa shape index (κ3) is 4.07. The predicted octanol–water partition coefficient (Wildman–Crippen LogP) is 2.24. The van der Waals surface area contributed by atoms with Gasteiger partial charge in [0.15, 0.2) is 0 Å². The van der Waals surface area contributed by atoms with Crippen molar-refractivity contribution in [1.82, 2.24) is 9.88 Å². The van der Waals surface area contributed by atoms with Crippen LogP contribution in [0.15, 0.2) is 29.6 Å². The standard InChI is InChI=1S/C16H19N3O3S/c1-21-14-5-3-2-4-12(14)18-16(20)13-11-23-15(17-13)10-19-6-8-22-9-7-19/h2-5,11H,6-10H2,1H3,(H,18,20). The topological polar surface area (TPSA) is 63.7 Å². The molecule has 0 spiro atoms. The van der Waals surface area contributed by atoms with Crippen molar-refractivity contribution in [2.45, 2.75) is 6.54 Å². The summed E-state index contributed by atoms with van der Waals surface area (Å²) in [5.41, 5.74) is 1.08. The number of hydrogen-bond acceptors (Lipinski definition) is 6. The van der Waals surface area contributed by atoms with Crippen LogP contribution in [0.4, 0.5) is 5.69 Å². The molecule has 1 aliphatic heterocycles. The molecular formula is C16H19N3O3S. The van der Waals surface area contributed by atoms with Gasteiger partial charge in [0, 0.05) is 18.5 Å². The van der Waals surface area contributed by atoms with Crippen molar-refractivity contribution in [2.75, 3.05) is 38.7 Å².